The van der Waals surface area contributed by atoms with Crippen molar-refractivity contribution in [2.24, 2.45) is 0 Å². The molecule has 1 aliphatic heterocycles. The van der Waals surface area contributed by atoms with Crippen LogP contribution in [-0.4, -0.2) is 10.8 Å². The molecule has 0 saturated carbocycles. The molecule has 0 radical (unpaired) electrons. The van der Waals surface area contributed by atoms with Gasteiger partial charge in [-0.25, -0.2) is 4.39 Å². The summed E-state index contributed by atoms with van der Waals surface area (Å²) in [5.41, 5.74) is 0.805. The van der Waals surface area contributed by atoms with Gasteiger partial charge in [0.05, 0.1) is 6.42 Å². The maximum Gasteiger partial charge on any atom is 0.189 e. The summed E-state index contributed by atoms with van der Waals surface area (Å²) in [5.74, 6) is 0.278. The molecule has 1 heterocycles. The normalized spacial score (nSPS) is 23.4. The summed E-state index contributed by atoms with van der Waals surface area (Å²) in [4.78, 5) is 11.1. The Morgan fingerprint density at radius 1 is 1.62 bits per heavy atom. The van der Waals surface area contributed by atoms with E-state index in [9.17, 15) is 9.18 Å². The van der Waals surface area contributed by atoms with E-state index < -0.39 is 5.06 Å². The maximum absolute atomic E-state index is 13.0. The average molecular weight is 243 g/mol. The third-order valence-corrected chi connectivity index (χ3v) is 3.00. The summed E-state index contributed by atoms with van der Waals surface area (Å²) >= 11 is 6.20. The van der Waals surface area contributed by atoms with E-state index >= 15 is 0 Å². The molecule has 1 aromatic carbocycles. The first kappa shape index (κ1) is 11.4. The fourth-order valence-corrected chi connectivity index (χ4v) is 2.27. The molecular weight excluding hydrogens is 231 g/mol. The number of hydrogen-bond acceptors (Lipinski definition) is 2. The Labute approximate surface area is 98.4 Å². The van der Waals surface area contributed by atoms with E-state index in [0.29, 0.717) is 18.6 Å². The van der Waals surface area contributed by atoms with Crippen molar-refractivity contribution in [2.75, 3.05) is 0 Å². The molecule has 0 bridgehead atoms. The van der Waals surface area contributed by atoms with Crippen molar-refractivity contribution in [3.8, 4) is 5.75 Å². The van der Waals surface area contributed by atoms with E-state index in [0.717, 1.165) is 5.56 Å². The van der Waals surface area contributed by atoms with Crippen LogP contribution >= 0.6 is 11.6 Å². The topological polar surface area (TPSA) is 26.3 Å². The van der Waals surface area contributed by atoms with Crippen molar-refractivity contribution in [2.45, 2.75) is 31.2 Å². The second-order valence-electron chi connectivity index (χ2n) is 4.12. The van der Waals surface area contributed by atoms with Crippen molar-refractivity contribution in [3.63, 3.8) is 0 Å². The number of Topliss-reactive ketones (excluding diaryl/α,β-unsaturated/α-hetero) is 1. The van der Waals surface area contributed by atoms with Crippen molar-refractivity contribution < 1.29 is 13.9 Å². The number of carbonyl (C=O) groups is 1. The monoisotopic (exact) mass is 242 g/mol. The van der Waals surface area contributed by atoms with Gasteiger partial charge in [0.15, 0.2) is 5.06 Å². The van der Waals surface area contributed by atoms with E-state index in [1.54, 1.807) is 6.07 Å². The molecule has 2 nitrogen and oxygen atoms in total. The predicted molar refractivity (Wildman–Crippen MR) is 59.2 cm³/mol. The zero-order valence-electron chi connectivity index (χ0n) is 8.93. The minimum absolute atomic E-state index is 0.0134. The summed E-state index contributed by atoms with van der Waals surface area (Å²) in [5, 5.41) is -0.962. The maximum atomic E-state index is 13.0. The number of ether oxygens (including phenoxy) is 1. The van der Waals surface area contributed by atoms with Crippen molar-refractivity contribution >= 4 is 17.4 Å². The molecule has 16 heavy (non-hydrogen) atoms. The highest BCUT2D eigenvalue weighted by atomic mass is 35.5. The molecule has 0 spiro atoms. The van der Waals surface area contributed by atoms with Crippen LogP contribution in [0.1, 0.15) is 25.3 Å². The van der Waals surface area contributed by atoms with Gasteiger partial charge in [0.25, 0.3) is 0 Å². The highest BCUT2D eigenvalue weighted by molar-refractivity contribution is 6.24. The highest BCUT2D eigenvalue weighted by Crippen LogP contribution is 2.38. The van der Waals surface area contributed by atoms with Gasteiger partial charge in [-0.1, -0.05) is 11.6 Å². The molecule has 1 aliphatic rings. The van der Waals surface area contributed by atoms with Crippen molar-refractivity contribution in [1.29, 1.82) is 0 Å². The lowest BCUT2D eigenvalue weighted by molar-refractivity contribution is -0.119. The molecule has 1 unspecified atom stereocenters. The van der Waals surface area contributed by atoms with Gasteiger partial charge in [-0.3, -0.25) is 4.79 Å². The Kier molecular flexibility index (Phi) is 2.89. The standard InChI is InChI=1S/C12H12ClFO2/c1-8(15)7-12(13)5-4-9-6-10(14)2-3-11(9)16-12/h2-3,6H,4-5,7H2,1H3. The van der Waals surface area contributed by atoms with Crippen LogP contribution in [-0.2, 0) is 11.2 Å². The second-order valence-corrected chi connectivity index (χ2v) is 4.80. The van der Waals surface area contributed by atoms with Gasteiger partial charge >= 0.3 is 0 Å². The Hall–Kier alpha value is -1.09. The van der Waals surface area contributed by atoms with Gasteiger partial charge in [0.2, 0.25) is 0 Å². The summed E-state index contributed by atoms with van der Waals surface area (Å²) in [6.07, 6.45) is 1.32. The Morgan fingerprint density at radius 3 is 3.06 bits per heavy atom. The Bertz CT molecular complexity index is 433. The summed E-state index contributed by atoms with van der Waals surface area (Å²) in [6.45, 7) is 1.48. The number of fused-ring (bicyclic) bond motifs is 1. The summed E-state index contributed by atoms with van der Waals surface area (Å²) < 4.78 is 18.5. The van der Waals surface area contributed by atoms with E-state index in [1.807, 2.05) is 0 Å². The summed E-state index contributed by atoms with van der Waals surface area (Å²) in [6, 6.07) is 4.33. The predicted octanol–water partition coefficient (Wildman–Crippen LogP) is 3.06. The van der Waals surface area contributed by atoms with Gasteiger partial charge < -0.3 is 4.74 Å². The quantitative estimate of drug-likeness (QED) is 0.745. The van der Waals surface area contributed by atoms with Crippen molar-refractivity contribution in [3.05, 3.63) is 29.6 Å². The zero-order chi connectivity index (χ0) is 11.8. The lowest BCUT2D eigenvalue weighted by Crippen LogP contribution is -2.35. The first-order valence-electron chi connectivity index (χ1n) is 5.14. The van der Waals surface area contributed by atoms with E-state index in [4.69, 9.17) is 16.3 Å². The van der Waals surface area contributed by atoms with Crippen LogP contribution in [0, 0.1) is 5.82 Å². The van der Waals surface area contributed by atoms with Crippen LogP contribution in [0.3, 0.4) is 0 Å². The molecule has 86 valence electrons. The number of alkyl halides is 1. The lowest BCUT2D eigenvalue weighted by atomic mass is 9.99. The van der Waals surface area contributed by atoms with Gasteiger partial charge in [0.1, 0.15) is 17.3 Å². The van der Waals surface area contributed by atoms with Crippen LogP contribution in [0.15, 0.2) is 18.2 Å². The van der Waals surface area contributed by atoms with Crippen molar-refractivity contribution in [1.82, 2.24) is 0 Å². The first-order valence-corrected chi connectivity index (χ1v) is 5.52. The van der Waals surface area contributed by atoms with Crippen LogP contribution in [0.25, 0.3) is 0 Å². The Morgan fingerprint density at radius 2 is 2.38 bits per heavy atom. The van der Waals surface area contributed by atoms with Gasteiger partial charge in [-0.05, 0) is 37.1 Å². The molecule has 4 heteroatoms. The molecular formula is C12H12ClFO2. The number of benzene rings is 1. The minimum Gasteiger partial charge on any atom is -0.471 e. The largest absolute Gasteiger partial charge is 0.471 e. The fraction of sp³-hybridized carbons (Fsp3) is 0.417. The van der Waals surface area contributed by atoms with Crippen LogP contribution in [0.4, 0.5) is 4.39 Å². The first-order chi connectivity index (χ1) is 7.48. The molecule has 0 aromatic heterocycles. The van der Waals surface area contributed by atoms with Gasteiger partial charge in [0, 0.05) is 6.42 Å². The molecule has 2 rings (SSSR count). The zero-order valence-corrected chi connectivity index (χ0v) is 9.68. The number of aryl methyl sites for hydroxylation is 1. The second kappa shape index (κ2) is 4.06. The van der Waals surface area contributed by atoms with Crippen LogP contribution < -0.4 is 4.74 Å². The molecule has 0 amide bonds. The van der Waals surface area contributed by atoms with E-state index in [2.05, 4.69) is 0 Å². The Balaban J connectivity index is 2.23. The number of hydrogen-bond donors (Lipinski definition) is 0. The summed E-state index contributed by atoms with van der Waals surface area (Å²) in [7, 11) is 0. The lowest BCUT2D eigenvalue weighted by Gasteiger charge is -2.32. The van der Waals surface area contributed by atoms with Gasteiger partial charge in [-0.15, -0.1) is 0 Å². The SMILES string of the molecule is CC(=O)CC1(Cl)CCc2cc(F)ccc2O1. The number of carbonyl (C=O) groups excluding carboxylic acids is 1. The average Bonchev–Trinajstić information content (AvgIpc) is 2.17. The molecule has 0 fully saturated rings. The van der Waals surface area contributed by atoms with Crippen LogP contribution in [0.2, 0.25) is 0 Å². The molecule has 1 atom stereocenters. The van der Waals surface area contributed by atoms with E-state index in [-0.39, 0.29) is 18.0 Å². The number of rotatable bonds is 2. The molecule has 1 aromatic rings. The highest BCUT2D eigenvalue weighted by Gasteiger charge is 2.35. The third kappa shape index (κ3) is 2.35. The number of halogens is 2. The minimum atomic E-state index is -0.962. The number of ketones is 1. The molecule has 0 aliphatic carbocycles. The molecule has 0 N–H and O–H groups in total. The van der Waals surface area contributed by atoms with E-state index in [1.165, 1.54) is 19.1 Å². The smallest absolute Gasteiger partial charge is 0.189 e. The van der Waals surface area contributed by atoms with Gasteiger partial charge in [-0.2, -0.15) is 0 Å². The third-order valence-electron chi connectivity index (χ3n) is 2.60. The van der Waals surface area contributed by atoms with Crippen LogP contribution in [0.5, 0.6) is 5.75 Å². The fourth-order valence-electron chi connectivity index (χ4n) is 1.91. The molecule has 0 saturated heterocycles.